The van der Waals surface area contributed by atoms with Gasteiger partial charge in [-0.05, 0) is 20.5 Å². The van der Waals surface area contributed by atoms with Crippen LogP contribution >= 0.6 is 0 Å². The molecule has 0 radical (unpaired) electrons. The van der Waals surface area contributed by atoms with E-state index >= 15 is 0 Å². The van der Waals surface area contributed by atoms with Crippen molar-refractivity contribution in [1.29, 1.82) is 0 Å². The highest BCUT2D eigenvalue weighted by Crippen LogP contribution is 2.24. The van der Waals surface area contributed by atoms with Gasteiger partial charge in [0, 0.05) is 19.1 Å². The Labute approximate surface area is 87.5 Å². The lowest BCUT2D eigenvalue weighted by Gasteiger charge is -2.27. The Hall–Kier alpha value is -0.330. The first-order valence-corrected chi connectivity index (χ1v) is 4.91. The molecule has 1 saturated heterocycles. The van der Waals surface area contributed by atoms with Crippen LogP contribution in [0.15, 0.2) is 0 Å². The SMILES string of the molecule is CN(C)CC1CC(O)CN1CC(F)(F)F. The Morgan fingerprint density at radius 2 is 2.00 bits per heavy atom. The largest absolute Gasteiger partial charge is 0.401 e. The summed E-state index contributed by atoms with van der Waals surface area (Å²) in [5.74, 6) is 0. The summed E-state index contributed by atoms with van der Waals surface area (Å²) >= 11 is 0. The van der Waals surface area contributed by atoms with E-state index in [4.69, 9.17) is 0 Å². The van der Waals surface area contributed by atoms with Crippen molar-refractivity contribution in [3.05, 3.63) is 0 Å². The number of likely N-dealkylation sites (tertiary alicyclic amines) is 1. The van der Waals surface area contributed by atoms with E-state index in [9.17, 15) is 18.3 Å². The molecule has 0 aromatic heterocycles. The van der Waals surface area contributed by atoms with Crippen LogP contribution in [0.4, 0.5) is 13.2 Å². The predicted molar refractivity (Wildman–Crippen MR) is 50.6 cm³/mol. The highest BCUT2D eigenvalue weighted by molar-refractivity contribution is 4.87. The number of alkyl halides is 3. The molecule has 1 rings (SSSR count). The van der Waals surface area contributed by atoms with E-state index in [1.807, 2.05) is 19.0 Å². The first kappa shape index (κ1) is 12.7. The van der Waals surface area contributed by atoms with E-state index in [1.165, 1.54) is 4.90 Å². The maximum atomic E-state index is 12.2. The summed E-state index contributed by atoms with van der Waals surface area (Å²) in [4.78, 5) is 3.15. The molecule has 90 valence electrons. The Bertz CT molecular complexity index is 208. The van der Waals surface area contributed by atoms with Gasteiger partial charge in [-0.1, -0.05) is 0 Å². The molecule has 2 unspecified atom stereocenters. The van der Waals surface area contributed by atoms with Crippen LogP contribution in [0.1, 0.15) is 6.42 Å². The van der Waals surface area contributed by atoms with Crippen molar-refractivity contribution >= 4 is 0 Å². The molecule has 1 aliphatic heterocycles. The average Bonchev–Trinajstić information content (AvgIpc) is 2.25. The lowest BCUT2D eigenvalue weighted by atomic mass is 10.2. The number of halogens is 3. The molecule has 0 amide bonds. The van der Waals surface area contributed by atoms with Gasteiger partial charge in [0.1, 0.15) is 0 Å². The third-order valence-electron chi connectivity index (χ3n) is 2.46. The van der Waals surface area contributed by atoms with E-state index < -0.39 is 18.8 Å². The molecule has 0 spiro atoms. The van der Waals surface area contributed by atoms with Crippen LogP contribution in [0, 0.1) is 0 Å². The first-order valence-electron chi connectivity index (χ1n) is 4.91. The first-order chi connectivity index (χ1) is 6.78. The zero-order valence-electron chi connectivity index (χ0n) is 8.96. The summed E-state index contributed by atoms with van der Waals surface area (Å²) < 4.78 is 36.6. The summed E-state index contributed by atoms with van der Waals surface area (Å²) in [7, 11) is 3.63. The fourth-order valence-corrected chi connectivity index (χ4v) is 1.99. The number of hydrogen-bond acceptors (Lipinski definition) is 3. The minimum Gasteiger partial charge on any atom is -0.392 e. The zero-order chi connectivity index (χ0) is 11.6. The van der Waals surface area contributed by atoms with Gasteiger partial charge >= 0.3 is 6.18 Å². The van der Waals surface area contributed by atoms with Crippen LogP contribution in [0.5, 0.6) is 0 Å². The second-order valence-electron chi connectivity index (χ2n) is 4.35. The fraction of sp³-hybridized carbons (Fsp3) is 1.00. The molecular formula is C9H17F3N2O. The lowest BCUT2D eigenvalue weighted by molar-refractivity contribution is -0.148. The monoisotopic (exact) mass is 226 g/mol. The molecule has 0 saturated carbocycles. The number of likely N-dealkylation sites (N-methyl/N-ethyl adjacent to an activating group) is 1. The zero-order valence-corrected chi connectivity index (χ0v) is 8.96. The summed E-state index contributed by atoms with van der Waals surface area (Å²) in [6.45, 7) is -0.256. The van der Waals surface area contributed by atoms with Gasteiger partial charge in [-0.15, -0.1) is 0 Å². The van der Waals surface area contributed by atoms with Gasteiger partial charge in [-0.3, -0.25) is 4.90 Å². The van der Waals surface area contributed by atoms with Crippen molar-refractivity contribution in [2.75, 3.05) is 33.7 Å². The van der Waals surface area contributed by atoms with Gasteiger partial charge in [0.05, 0.1) is 12.6 Å². The Balaban J connectivity index is 2.53. The molecule has 3 nitrogen and oxygen atoms in total. The summed E-state index contributed by atoms with van der Waals surface area (Å²) in [5, 5.41) is 9.35. The van der Waals surface area contributed by atoms with Gasteiger partial charge in [0.15, 0.2) is 0 Å². The van der Waals surface area contributed by atoms with E-state index in [2.05, 4.69) is 0 Å². The van der Waals surface area contributed by atoms with Crippen molar-refractivity contribution in [3.63, 3.8) is 0 Å². The van der Waals surface area contributed by atoms with Gasteiger partial charge in [-0.25, -0.2) is 0 Å². The van der Waals surface area contributed by atoms with Gasteiger partial charge < -0.3 is 10.0 Å². The molecular weight excluding hydrogens is 209 g/mol. The lowest BCUT2D eigenvalue weighted by Crippen LogP contribution is -2.42. The van der Waals surface area contributed by atoms with Gasteiger partial charge in [-0.2, -0.15) is 13.2 Å². The van der Waals surface area contributed by atoms with E-state index in [0.29, 0.717) is 13.0 Å². The summed E-state index contributed by atoms with van der Waals surface area (Å²) in [6.07, 6.45) is -4.39. The van der Waals surface area contributed by atoms with Gasteiger partial charge in [0.2, 0.25) is 0 Å². The van der Waals surface area contributed by atoms with Crippen LogP contribution < -0.4 is 0 Å². The second kappa shape index (κ2) is 4.67. The highest BCUT2D eigenvalue weighted by Gasteiger charge is 2.39. The topological polar surface area (TPSA) is 26.7 Å². The standard InChI is InChI=1S/C9H17F3N2O/c1-13(2)4-7-3-8(15)5-14(7)6-9(10,11)12/h7-8,15H,3-6H2,1-2H3. The minimum atomic E-state index is -4.19. The average molecular weight is 226 g/mol. The van der Waals surface area contributed by atoms with Crippen LogP contribution in [0.3, 0.4) is 0 Å². The van der Waals surface area contributed by atoms with E-state index in [1.54, 1.807) is 0 Å². The second-order valence-corrected chi connectivity index (χ2v) is 4.35. The highest BCUT2D eigenvalue weighted by atomic mass is 19.4. The molecule has 0 bridgehead atoms. The van der Waals surface area contributed by atoms with Crippen LogP contribution in [0.2, 0.25) is 0 Å². The Morgan fingerprint density at radius 3 is 2.47 bits per heavy atom. The van der Waals surface area contributed by atoms with Crippen LogP contribution in [-0.2, 0) is 0 Å². The number of rotatable bonds is 3. The molecule has 0 aliphatic carbocycles. The fourth-order valence-electron chi connectivity index (χ4n) is 1.99. The number of nitrogens with zero attached hydrogens (tertiary/aromatic N) is 2. The summed E-state index contributed by atoms with van der Waals surface area (Å²) in [5.41, 5.74) is 0. The number of β-amino-alcohol motifs (C(OH)–C–C–N with tert-alkyl or cyclic N) is 1. The van der Waals surface area contributed by atoms with Gasteiger partial charge in [0.25, 0.3) is 0 Å². The number of aliphatic hydroxyl groups excluding tert-OH is 1. The van der Waals surface area contributed by atoms with E-state index in [-0.39, 0.29) is 12.6 Å². The number of hydrogen-bond donors (Lipinski definition) is 1. The maximum Gasteiger partial charge on any atom is 0.401 e. The molecule has 1 N–H and O–H groups in total. The molecule has 15 heavy (non-hydrogen) atoms. The Kier molecular flexibility index (Phi) is 3.97. The molecule has 1 aliphatic rings. The molecule has 0 aromatic rings. The maximum absolute atomic E-state index is 12.2. The van der Waals surface area contributed by atoms with E-state index in [0.717, 1.165) is 0 Å². The normalized spacial score (nSPS) is 29.0. The smallest absolute Gasteiger partial charge is 0.392 e. The number of aliphatic hydroxyl groups is 1. The van der Waals surface area contributed by atoms with Crippen LogP contribution in [-0.4, -0.2) is 67.0 Å². The molecule has 2 atom stereocenters. The molecule has 1 heterocycles. The van der Waals surface area contributed by atoms with Crippen molar-refractivity contribution < 1.29 is 18.3 Å². The van der Waals surface area contributed by atoms with Crippen molar-refractivity contribution in [2.24, 2.45) is 0 Å². The van der Waals surface area contributed by atoms with Crippen molar-refractivity contribution in [1.82, 2.24) is 9.80 Å². The molecule has 1 fully saturated rings. The Morgan fingerprint density at radius 1 is 1.40 bits per heavy atom. The quantitative estimate of drug-likeness (QED) is 0.761. The third-order valence-corrected chi connectivity index (χ3v) is 2.46. The molecule has 6 heteroatoms. The summed E-state index contributed by atoms with van der Waals surface area (Å²) in [6, 6.07) is -0.198. The van der Waals surface area contributed by atoms with Crippen molar-refractivity contribution in [3.8, 4) is 0 Å². The van der Waals surface area contributed by atoms with Crippen LogP contribution in [0.25, 0.3) is 0 Å². The minimum absolute atomic E-state index is 0.123. The third kappa shape index (κ3) is 4.36. The van der Waals surface area contributed by atoms with Crippen molar-refractivity contribution in [2.45, 2.75) is 24.7 Å². The molecule has 0 aromatic carbocycles. The predicted octanol–water partition coefficient (Wildman–Crippen LogP) is 0.545.